The molecule has 13 heavy (non-hydrogen) atoms. The largest absolute Gasteiger partial charge is 0.291 e. The Bertz CT molecular complexity index is 319. The molecule has 0 aromatic heterocycles. The molecule has 0 saturated heterocycles. The molecule has 68 valence electrons. The van der Waals surface area contributed by atoms with E-state index in [0.717, 1.165) is 5.56 Å². The fraction of sp³-hybridized carbons (Fsp3) is 0. The van der Waals surface area contributed by atoms with E-state index in [0.29, 0.717) is 0 Å². The number of hydrogen-bond donors (Lipinski definition) is 2. The van der Waals surface area contributed by atoms with Crippen LogP contribution in [0.2, 0.25) is 0 Å². The second-order valence-corrected chi connectivity index (χ2v) is 2.39. The van der Waals surface area contributed by atoms with Gasteiger partial charge in [0.2, 0.25) is 0 Å². The maximum absolute atomic E-state index is 12.4. The Morgan fingerprint density at radius 2 is 2.00 bits per heavy atom. The predicted molar refractivity (Wildman–Crippen MR) is 47.8 cm³/mol. The van der Waals surface area contributed by atoms with E-state index in [4.69, 9.17) is 5.84 Å². The topological polar surface area (TPSA) is 55.1 Å². The van der Waals surface area contributed by atoms with Crippen LogP contribution in [0.15, 0.2) is 30.3 Å². The SMILES string of the molecule is NNC(=O)/C=C/c1ccc(F)cc1. The Hall–Kier alpha value is -1.68. The smallest absolute Gasteiger partial charge is 0.257 e. The summed E-state index contributed by atoms with van der Waals surface area (Å²) >= 11 is 0. The highest BCUT2D eigenvalue weighted by Gasteiger charge is 1.91. The predicted octanol–water partition coefficient (Wildman–Crippen LogP) is 0.829. The minimum absolute atomic E-state index is 0.305. The maximum Gasteiger partial charge on any atom is 0.257 e. The normalized spacial score (nSPS) is 10.3. The molecule has 0 unspecified atom stereocenters. The number of nitrogens with one attached hydrogen (secondary N) is 1. The van der Waals surface area contributed by atoms with E-state index in [-0.39, 0.29) is 5.82 Å². The van der Waals surface area contributed by atoms with E-state index >= 15 is 0 Å². The zero-order valence-electron chi connectivity index (χ0n) is 6.83. The third-order valence-corrected chi connectivity index (χ3v) is 1.44. The van der Waals surface area contributed by atoms with Crippen LogP contribution in [0.1, 0.15) is 5.56 Å². The van der Waals surface area contributed by atoms with Gasteiger partial charge in [-0.1, -0.05) is 12.1 Å². The average Bonchev–Trinajstić information content (AvgIpc) is 2.16. The summed E-state index contributed by atoms with van der Waals surface area (Å²) in [7, 11) is 0. The lowest BCUT2D eigenvalue weighted by Crippen LogP contribution is -2.27. The molecule has 0 saturated carbocycles. The molecule has 0 radical (unpaired) electrons. The molecule has 1 amide bonds. The number of hydrogen-bond acceptors (Lipinski definition) is 2. The first-order valence-corrected chi connectivity index (χ1v) is 3.66. The Kier molecular flexibility index (Phi) is 3.16. The molecular formula is C9H9FN2O. The van der Waals surface area contributed by atoms with Crippen molar-refractivity contribution in [1.82, 2.24) is 5.43 Å². The van der Waals surface area contributed by atoms with E-state index in [1.54, 1.807) is 18.2 Å². The van der Waals surface area contributed by atoms with Crippen molar-refractivity contribution in [2.45, 2.75) is 0 Å². The molecular weight excluding hydrogens is 171 g/mol. The van der Waals surface area contributed by atoms with Crippen LogP contribution in [0.25, 0.3) is 6.08 Å². The number of nitrogens with two attached hydrogens (primary N) is 1. The number of carbonyl (C=O) groups excluding carboxylic acids is 1. The number of halogens is 1. The number of benzene rings is 1. The molecule has 0 fully saturated rings. The molecule has 0 bridgehead atoms. The van der Waals surface area contributed by atoms with E-state index < -0.39 is 5.91 Å². The van der Waals surface area contributed by atoms with Crippen molar-refractivity contribution in [3.05, 3.63) is 41.7 Å². The van der Waals surface area contributed by atoms with Crippen molar-refractivity contribution in [1.29, 1.82) is 0 Å². The lowest BCUT2D eigenvalue weighted by Gasteiger charge is -1.92. The summed E-state index contributed by atoms with van der Waals surface area (Å²) in [6, 6.07) is 5.77. The third-order valence-electron chi connectivity index (χ3n) is 1.44. The minimum Gasteiger partial charge on any atom is -0.291 e. The van der Waals surface area contributed by atoms with Crippen LogP contribution in [-0.2, 0) is 4.79 Å². The third kappa shape index (κ3) is 3.04. The lowest BCUT2D eigenvalue weighted by molar-refractivity contribution is -0.116. The van der Waals surface area contributed by atoms with Crippen molar-refractivity contribution < 1.29 is 9.18 Å². The van der Waals surface area contributed by atoms with Gasteiger partial charge in [0.15, 0.2) is 0 Å². The highest BCUT2D eigenvalue weighted by molar-refractivity contribution is 5.91. The summed E-state index contributed by atoms with van der Waals surface area (Å²) in [4.78, 5) is 10.7. The molecule has 1 aromatic rings. The zero-order chi connectivity index (χ0) is 9.68. The molecule has 0 spiro atoms. The molecule has 0 atom stereocenters. The van der Waals surface area contributed by atoms with Crippen LogP contribution in [0, 0.1) is 5.82 Å². The highest BCUT2D eigenvalue weighted by Crippen LogP contribution is 2.03. The van der Waals surface area contributed by atoms with Gasteiger partial charge in [-0.3, -0.25) is 10.2 Å². The summed E-state index contributed by atoms with van der Waals surface area (Å²) in [6.07, 6.45) is 2.81. The van der Waals surface area contributed by atoms with Crippen LogP contribution in [-0.4, -0.2) is 5.91 Å². The molecule has 0 heterocycles. The van der Waals surface area contributed by atoms with Crippen molar-refractivity contribution in [3.63, 3.8) is 0 Å². The van der Waals surface area contributed by atoms with Gasteiger partial charge in [0.25, 0.3) is 5.91 Å². The van der Waals surface area contributed by atoms with Gasteiger partial charge in [0.05, 0.1) is 0 Å². The minimum atomic E-state index is -0.399. The van der Waals surface area contributed by atoms with Crippen molar-refractivity contribution in [2.75, 3.05) is 0 Å². The number of rotatable bonds is 2. The van der Waals surface area contributed by atoms with Crippen LogP contribution in [0.4, 0.5) is 4.39 Å². The number of hydrazine groups is 1. The second-order valence-electron chi connectivity index (χ2n) is 2.39. The summed E-state index contributed by atoms with van der Waals surface area (Å²) in [5, 5.41) is 0. The molecule has 0 aliphatic rings. The summed E-state index contributed by atoms with van der Waals surface area (Å²) in [5.74, 6) is 4.15. The Labute approximate surface area is 75.0 Å². The van der Waals surface area contributed by atoms with Gasteiger partial charge >= 0.3 is 0 Å². The Morgan fingerprint density at radius 3 is 2.54 bits per heavy atom. The monoisotopic (exact) mass is 180 g/mol. The maximum atomic E-state index is 12.4. The van der Waals surface area contributed by atoms with Gasteiger partial charge in [-0.25, -0.2) is 10.2 Å². The Morgan fingerprint density at radius 1 is 1.38 bits per heavy atom. The molecule has 0 aliphatic carbocycles. The first-order valence-electron chi connectivity index (χ1n) is 3.66. The number of amides is 1. The van der Waals surface area contributed by atoms with Gasteiger partial charge in [-0.15, -0.1) is 0 Å². The highest BCUT2D eigenvalue weighted by atomic mass is 19.1. The van der Waals surface area contributed by atoms with Crippen LogP contribution >= 0.6 is 0 Å². The number of carbonyl (C=O) groups is 1. The fourth-order valence-electron chi connectivity index (χ4n) is 0.794. The standard InChI is InChI=1S/C9H9FN2O/c10-8-4-1-7(2-5-8)3-6-9(13)12-11/h1-6H,11H2,(H,12,13)/b6-3+. The zero-order valence-corrected chi connectivity index (χ0v) is 6.83. The molecule has 1 aromatic carbocycles. The summed E-state index contributed by atoms with van der Waals surface area (Å²) in [5.41, 5.74) is 2.69. The lowest BCUT2D eigenvalue weighted by atomic mass is 10.2. The van der Waals surface area contributed by atoms with E-state index in [2.05, 4.69) is 0 Å². The van der Waals surface area contributed by atoms with Crippen molar-refractivity contribution in [2.24, 2.45) is 5.84 Å². The molecule has 3 nitrogen and oxygen atoms in total. The Balaban J connectivity index is 2.69. The average molecular weight is 180 g/mol. The van der Waals surface area contributed by atoms with Crippen LogP contribution < -0.4 is 11.3 Å². The second kappa shape index (κ2) is 4.37. The summed E-state index contributed by atoms with van der Waals surface area (Å²) < 4.78 is 12.4. The van der Waals surface area contributed by atoms with E-state index in [1.165, 1.54) is 18.2 Å². The van der Waals surface area contributed by atoms with Crippen molar-refractivity contribution >= 4 is 12.0 Å². The molecule has 0 aliphatic heterocycles. The molecule has 1 rings (SSSR count). The quantitative estimate of drug-likeness (QED) is 0.306. The molecule has 4 heteroatoms. The first-order chi connectivity index (χ1) is 6.22. The van der Waals surface area contributed by atoms with E-state index in [1.807, 2.05) is 5.43 Å². The van der Waals surface area contributed by atoms with E-state index in [9.17, 15) is 9.18 Å². The fourth-order valence-corrected chi connectivity index (χ4v) is 0.794. The van der Waals surface area contributed by atoms with Gasteiger partial charge < -0.3 is 0 Å². The van der Waals surface area contributed by atoms with Gasteiger partial charge in [-0.05, 0) is 23.8 Å². The van der Waals surface area contributed by atoms with Gasteiger partial charge in [-0.2, -0.15) is 0 Å². The van der Waals surface area contributed by atoms with Gasteiger partial charge in [0, 0.05) is 6.08 Å². The first kappa shape index (κ1) is 9.41. The van der Waals surface area contributed by atoms with Crippen molar-refractivity contribution in [3.8, 4) is 0 Å². The van der Waals surface area contributed by atoms with Gasteiger partial charge in [0.1, 0.15) is 5.82 Å². The summed E-state index contributed by atoms with van der Waals surface area (Å²) in [6.45, 7) is 0. The van der Waals surface area contributed by atoms with Crippen LogP contribution in [0.3, 0.4) is 0 Å². The molecule has 3 N–H and O–H groups in total. The van der Waals surface area contributed by atoms with Crippen LogP contribution in [0.5, 0.6) is 0 Å².